The number of carbonyl (C=O) groups excluding carboxylic acids is 1. The van der Waals surface area contributed by atoms with Crippen molar-refractivity contribution in [3.8, 4) is 0 Å². The maximum absolute atomic E-state index is 12.2. The highest BCUT2D eigenvalue weighted by molar-refractivity contribution is 7.12. The predicted octanol–water partition coefficient (Wildman–Crippen LogP) is 2.40. The number of Topliss-reactive ketones (excluding diaryl/α,β-unsaturated/α-hetero) is 1. The normalized spacial score (nSPS) is 16.7. The molecule has 5 nitrogen and oxygen atoms in total. The summed E-state index contributed by atoms with van der Waals surface area (Å²) in [5.74, 6) is 0.235. The van der Waals surface area contributed by atoms with Crippen LogP contribution in [0.2, 0.25) is 0 Å². The molecular weight excluding hydrogens is 320 g/mol. The molecule has 0 radical (unpaired) electrons. The molecule has 3 aromatic heterocycles. The summed E-state index contributed by atoms with van der Waals surface area (Å²) < 4.78 is 2.06. The summed E-state index contributed by atoms with van der Waals surface area (Å²) in [6.45, 7) is 5.23. The molecule has 124 valence electrons. The highest BCUT2D eigenvalue weighted by atomic mass is 32.1. The summed E-state index contributed by atoms with van der Waals surface area (Å²) in [5.41, 5.74) is 2.09. The van der Waals surface area contributed by atoms with Gasteiger partial charge in [-0.15, -0.1) is 11.3 Å². The van der Waals surface area contributed by atoms with Crippen molar-refractivity contribution in [3.63, 3.8) is 0 Å². The van der Waals surface area contributed by atoms with Crippen LogP contribution in [0.15, 0.2) is 48.1 Å². The van der Waals surface area contributed by atoms with Gasteiger partial charge in [0, 0.05) is 45.1 Å². The van der Waals surface area contributed by atoms with Gasteiger partial charge in [-0.05, 0) is 23.6 Å². The molecule has 0 saturated carbocycles. The van der Waals surface area contributed by atoms with Gasteiger partial charge in [0.1, 0.15) is 5.65 Å². The Labute approximate surface area is 145 Å². The third-order valence-corrected chi connectivity index (χ3v) is 5.34. The minimum absolute atomic E-state index is 0.235. The first-order chi connectivity index (χ1) is 11.8. The fourth-order valence-electron chi connectivity index (χ4n) is 3.12. The first-order valence-electron chi connectivity index (χ1n) is 8.22. The number of nitrogens with zero attached hydrogens (tertiary/aromatic N) is 4. The molecule has 0 amide bonds. The summed E-state index contributed by atoms with van der Waals surface area (Å²) >= 11 is 1.53. The molecule has 1 aliphatic heterocycles. The van der Waals surface area contributed by atoms with E-state index in [9.17, 15) is 4.79 Å². The van der Waals surface area contributed by atoms with Crippen molar-refractivity contribution in [3.05, 3.63) is 58.7 Å². The average Bonchev–Trinajstić information content (AvgIpc) is 3.25. The van der Waals surface area contributed by atoms with Gasteiger partial charge in [-0.1, -0.05) is 12.1 Å². The first-order valence-corrected chi connectivity index (χ1v) is 9.10. The van der Waals surface area contributed by atoms with Crippen LogP contribution in [-0.2, 0) is 6.54 Å². The standard InChI is InChI=1S/C18H20N4OS/c23-16(17-4-3-11-24-17)14-21-9-7-20(8-10-21)12-15-13-22-6-2-1-5-18(22)19-15/h1-6,11,13H,7-10,12,14H2. The van der Waals surface area contributed by atoms with E-state index in [-0.39, 0.29) is 5.78 Å². The predicted molar refractivity (Wildman–Crippen MR) is 95.6 cm³/mol. The van der Waals surface area contributed by atoms with Crippen LogP contribution in [0.3, 0.4) is 0 Å². The smallest absolute Gasteiger partial charge is 0.186 e. The molecule has 0 aliphatic carbocycles. The molecule has 0 unspecified atom stereocenters. The van der Waals surface area contributed by atoms with Crippen LogP contribution in [0.1, 0.15) is 15.4 Å². The number of fused-ring (bicyclic) bond motifs is 1. The van der Waals surface area contributed by atoms with Crippen LogP contribution in [0.5, 0.6) is 0 Å². The minimum Gasteiger partial charge on any atom is -0.307 e. The Kier molecular flexibility index (Phi) is 4.42. The van der Waals surface area contributed by atoms with Crippen molar-refractivity contribution in [1.82, 2.24) is 19.2 Å². The largest absolute Gasteiger partial charge is 0.307 e. The molecular formula is C18H20N4OS. The van der Waals surface area contributed by atoms with E-state index in [1.54, 1.807) is 0 Å². The second kappa shape index (κ2) is 6.84. The number of imidazole rings is 1. The van der Waals surface area contributed by atoms with Crippen LogP contribution in [0.4, 0.5) is 0 Å². The Bertz CT molecular complexity index is 786. The van der Waals surface area contributed by atoms with Gasteiger partial charge in [-0.2, -0.15) is 0 Å². The maximum Gasteiger partial charge on any atom is 0.186 e. The summed E-state index contributed by atoms with van der Waals surface area (Å²) in [6.07, 6.45) is 4.13. The van der Waals surface area contributed by atoms with Crippen LogP contribution in [0.25, 0.3) is 5.65 Å². The van der Waals surface area contributed by atoms with Gasteiger partial charge in [0.25, 0.3) is 0 Å². The number of hydrogen-bond acceptors (Lipinski definition) is 5. The number of hydrogen-bond donors (Lipinski definition) is 0. The topological polar surface area (TPSA) is 40.9 Å². The monoisotopic (exact) mass is 340 g/mol. The molecule has 1 saturated heterocycles. The van der Waals surface area contributed by atoms with E-state index in [0.717, 1.165) is 48.9 Å². The first kappa shape index (κ1) is 15.5. The maximum atomic E-state index is 12.2. The van der Waals surface area contributed by atoms with Gasteiger partial charge >= 0.3 is 0 Å². The molecule has 0 atom stereocenters. The molecule has 1 aliphatic rings. The van der Waals surface area contributed by atoms with E-state index in [2.05, 4.69) is 25.4 Å². The quantitative estimate of drug-likeness (QED) is 0.669. The fourth-order valence-corrected chi connectivity index (χ4v) is 3.77. The molecule has 0 aromatic carbocycles. The zero-order chi connectivity index (χ0) is 16.4. The number of piperazine rings is 1. The van der Waals surface area contributed by atoms with Gasteiger partial charge in [0.05, 0.1) is 17.1 Å². The highest BCUT2D eigenvalue weighted by Gasteiger charge is 2.20. The molecule has 1 fully saturated rings. The van der Waals surface area contributed by atoms with Crippen molar-refractivity contribution < 1.29 is 4.79 Å². The van der Waals surface area contributed by atoms with E-state index in [1.165, 1.54) is 11.3 Å². The second-order valence-electron chi connectivity index (χ2n) is 6.15. The number of carbonyl (C=O) groups is 1. The van der Waals surface area contributed by atoms with Crippen molar-refractivity contribution in [2.75, 3.05) is 32.7 Å². The zero-order valence-corrected chi connectivity index (χ0v) is 14.3. The number of aromatic nitrogens is 2. The molecule has 0 spiro atoms. The lowest BCUT2D eigenvalue weighted by atomic mass is 10.2. The zero-order valence-electron chi connectivity index (χ0n) is 13.5. The van der Waals surface area contributed by atoms with Gasteiger partial charge < -0.3 is 4.40 Å². The van der Waals surface area contributed by atoms with E-state index >= 15 is 0 Å². The third kappa shape index (κ3) is 3.40. The lowest BCUT2D eigenvalue weighted by molar-refractivity contribution is 0.0846. The van der Waals surface area contributed by atoms with E-state index in [4.69, 9.17) is 0 Å². The molecule has 0 bridgehead atoms. The average molecular weight is 340 g/mol. The lowest BCUT2D eigenvalue weighted by Crippen LogP contribution is -2.47. The van der Waals surface area contributed by atoms with Crippen molar-refractivity contribution in [1.29, 1.82) is 0 Å². The molecule has 24 heavy (non-hydrogen) atoms. The summed E-state index contributed by atoms with van der Waals surface area (Å²) in [7, 11) is 0. The van der Waals surface area contributed by atoms with E-state index in [1.807, 2.05) is 41.9 Å². The Morgan fingerprint density at radius 1 is 1.08 bits per heavy atom. The van der Waals surface area contributed by atoms with Gasteiger partial charge in [0.2, 0.25) is 0 Å². The van der Waals surface area contributed by atoms with E-state index < -0.39 is 0 Å². The van der Waals surface area contributed by atoms with Crippen LogP contribution >= 0.6 is 11.3 Å². The van der Waals surface area contributed by atoms with Gasteiger partial charge in [-0.25, -0.2) is 4.98 Å². The van der Waals surface area contributed by atoms with Crippen molar-refractivity contribution in [2.24, 2.45) is 0 Å². The van der Waals surface area contributed by atoms with Crippen LogP contribution < -0.4 is 0 Å². The Morgan fingerprint density at radius 2 is 1.92 bits per heavy atom. The second-order valence-corrected chi connectivity index (χ2v) is 7.10. The minimum atomic E-state index is 0.235. The number of ketones is 1. The van der Waals surface area contributed by atoms with Gasteiger partial charge in [-0.3, -0.25) is 14.6 Å². The van der Waals surface area contributed by atoms with Gasteiger partial charge in [0.15, 0.2) is 5.78 Å². The Hall–Kier alpha value is -2.02. The third-order valence-electron chi connectivity index (χ3n) is 4.43. The number of rotatable bonds is 5. The molecule has 4 heterocycles. The molecule has 0 N–H and O–H groups in total. The number of pyridine rings is 1. The lowest BCUT2D eigenvalue weighted by Gasteiger charge is -2.33. The Morgan fingerprint density at radius 3 is 2.67 bits per heavy atom. The fraction of sp³-hybridized carbons (Fsp3) is 0.333. The summed E-state index contributed by atoms with van der Waals surface area (Å²) in [6, 6.07) is 9.90. The highest BCUT2D eigenvalue weighted by Crippen LogP contribution is 2.13. The molecule has 3 aromatic rings. The summed E-state index contributed by atoms with van der Waals surface area (Å²) in [5, 5.41) is 1.96. The van der Waals surface area contributed by atoms with Crippen molar-refractivity contribution >= 4 is 22.8 Å². The molecule has 4 rings (SSSR count). The van der Waals surface area contributed by atoms with E-state index in [0.29, 0.717) is 6.54 Å². The SMILES string of the molecule is O=C(CN1CCN(Cc2cn3ccccc3n2)CC1)c1cccs1. The van der Waals surface area contributed by atoms with Crippen LogP contribution in [-0.4, -0.2) is 57.7 Å². The molecule has 6 heteroatoms. The Balaban J connectivity index is 1.30. The van der Waals surface area contributed by atoms with Crippen LogP contribution in [0, 0.1) is 0 Å². The number of thiophene rings is 1. The summed E-state index contributed by atoms with van der Waals surface area (Å²) in [4.78, 5) is 22.4. The van der Waals surface area contributed by atoms with Crippen molar-refractivity contribution in [2.45, 2.75) is 6.54 Å².